The monoisotopic (exact) mass is 285 g/mol. The molecule has 1 rings (SSSR count). The molecule has 0 heterocycles. The third kappa shape index (κ3) is 3.52. The lowest BCUT2D eigenvalue weighted by molar-refractivity contribution is 0.0948. The van der Waals surface area contributed by atoms with Gasteiger partial charge in [-0.3, -0.25) is 4.79 Å². The van der Waals surface area contributed by atoms with Crippen LogP contribution in [-0.4, -0.2) is 19.6 Å². The SMILES string of the molecule is COc1ccc(Br)c(C(=O)NCC(C)C)c1. The highest BCUT2D eigenvalue weighted by Crippen LogP contribution is 2.22. The molecule has 0 bridgehead atoms. The number of ether oxygens (including phenoxy) is 1. The number of benzene rings is 1. The third-order valence-corrected chi connectivity index (χ3v) is 2.78. The minimum Gasteiger partial charge on any atom is -0.497 e. The highest BCUT2D eigenvalue weighted by Gasteiger charge is 2.11. The van der Waals surface area contributed by atoms with Crippen molar-refractivity contribution in [3.05, 3.63) is 28.2 Å². The number of hydrogen-bond acceptors (Lipinski definition) is 2. The van der Waals surface area contributed by atoms with Crippen molar-refractivity contribution in [3.63, 3.8) is 0 Å². The van der Waals surface area contributed by atoms with Gasteiger partial charge in [-0.15, -0.1) is 0 Å². The van der Waals surface area contributed by atoms with Gasteiger partial charge in [-0.05, 0) is 40.0 Å². The fourth-order valence-electron chi connectivity index (χ4n) is 1.20. The Morgan fingerprint density at radius 2 is 2.19 bits per heavy atom. The summed E-state index contributed by atoms with van der Waals surface area (Å²) in [5, 5.41) is 2.87. The topological polar surface area (TPSA) is 38.3 Å². The minimum atomic E-state index is -0.0838. The molecule has 0 aliphatic heterocycles. The van der Waals surface area contributed by atoms with Gasteiger partial charge in [-0.2, -0.15) is 0 Å². The molecule has 0 fully saturated rings. The molecule has 1 aromatic rings. The summed E-state index contributed by atoms with van der Waals surface area (Å²) >= 11 is 3.35. The van der Waals surface area contributed by atoms with Crippen molar-refractivity contribution >= 4 is 21.8 Å². The highest BCUT2D eigenvalue weighted by atomic mass is 79.9. The molecule has 0 aromatic heterocycles. The lowest BCUT2D eigenvalue weighted by Crippen LogP contribution is -2.27. The van der Waals surface area contributed by atoms with E-state index in [4.69, 9.17) is 4.74 Å². The Morgan fingerprint density at radius 1 is 1.50 bits per heavy atom. The van der Waals surface area contributed by atoms with Gasteiger partial charge in [0.15, 0.2) is 0 Å². The molecule has 3 nitrogen and oxygen atoms in total. The van der Waals surface area contributed by atoms with Crippen molar-refractivity contribution in [1.29, 1.82) is 0 Å². The zero-order valence-corrected chi connectivity index (χ0v) is 11.3. The summed E-state index contributed by atoms with van der Waals surface area (Å²) in [6.45, 7) is 4.78. The summed E-state index contributed by atoms with van der Waals surface area (Å²) in [5.41, 5.74) is 0.597. The van der Waals surface area contributed by atoms with Crippen molar-refractivity contribution in [2.75, 3.05) is 13.7 Å². The van der Waals surface area contributed by atoms with Crippen molar-refractivity contribution in [3.8, 4) is 5.75 Å². The fourth-order valence-corrected chi connectivity index (χ4v) is 1.62. The first kappa shape index (κ1) is 13.0. The summed E-state index contributed by atoms with van der Waals surface area (Å²) in [7, 11) is 1.58. The van der Waals surface area contributed by atoms with E-state index in [1.807, 2.05) is 12.1 Å². The molecule has 0 saturated heterocycles. The van der Waals surface area contributed by atoms with E-state index in [9.17, 15) is 4.79 Å². The number of amides is 1. The van der Waals surface area contributed by atoms with E-state index in [-0.39, 0.29) is 5.91 Å². The maximum atomic E-state index is 11.8. The molecule has 0 aliphatic rings. The number of methoxy groups -OCH3 is 1. The van der Waals surface area contributed by atoms with E-state index in [1.165, 1.54) is 0 Å². The molecular formula is C12H16BrNO2. The molecule has 88 valence electrons. The number of rotatable bonds is 4. The summed E-state index contributed by atoms with van der Waals surface area (Å²) in [5.74, 6) is 1.03. The number of halogens is 1. The van der Waals surface area contributed by atoms with Crippen LogP contribution in [0.15, 0.2) is 22.7 Å². The molecule has 0 radical (unpaired) electrons. The Kier molecular flexibility index (Phi) is 4.80. The maximum Gasteiger partial charge on any atom is 0.252 e. The summed E-state index contributed by atoms with van der Waals surface area (Å²) in [4.78, 5) is 11.8. The first-order chi connectivity index (χ1) is 7.54. The van der Waals surface area contributed by atoms with Gasteiger partial charge in [-0.25, -0.2) is 0 Å². The molecule has 1 aromatic carbocycles. The average molecular weight is 286 g/mol. The van der Waals surface area contributed by atoms with E-state index in [0.29, 0.717) is 23.8 Å². The molecule has 4 heteroatoms. The molecular weight excluding hydrogens is 270 g/mol. The van der Waals surface area contributed by atoms with Crippen LogP contribution < -0.4 is 10.1 Å². The highest BCUT2D eigenvalue weighted by molar-refractivity contribution is 9.10. The van der Waals surface area contributed by atoms with E-state index in [1.54, 1.807) is 13.2 Å². The van der Waals surface area contributed by atoms with E-state index >= 15 is 0 Å². The van der Waals surface area contributed by atoms with Gasteiger partial charge in [0.2, 0.25) is 0 Å². The molecule has 16 heavy (non-hydrogen) atoms. The maximum absolute atomic E-state index is 11.8. The quantitative estimate of drug-likeness (QED) is 0.924. The second-order valence-corrected chi connectivity index (χ2v) is 4.80. The van der Waals surface area contributed by atoms with Crippen molar-refractivity contribution < 1.29 is 9.53 Å². The smallest absolute Gasteiger partial charge is 0.252 e. The van der Waals surface area contributed by atoms with Gasteiger partial charge in [0.25, 0.3) is 5.91 Å². The lowest BCUT2D eigenvalue weighted by Gasteiger charge is -2.10. The minimum absolute atomic E-state index is 0.0838. The fraction of sp³-hybridized carbons (Fsp3) is 0.417. The van der Waals surface area contributed by atoms with E-state index < -0.39 is 0 Å². The van der Waals surface area contributed by atoms with Crippen LogP contribution in [0.1, 0.15) is 24.2 Å². The van der Waals surface area contributed by atoms with E-state index in [0.717, 1.165) is 4.47 Å². The van der Waals surface area contributed by atoms with Gasteiger partial charge >= 0.3 is 0 Å². The second kappa shape index (κ2) is 5.89. The Balaban J connectivity index is 2.81. The number of carbonyl (C=O) groups excluding carboxylic acids is 1. The Bertz CT molecular complexity index is 377. The molecule has 1 N–H and O–H groups in total. The van der Waals surface area contributed by atoms with Crippen LogP contribution >= 0.6 is 15.9 Å². The largest absolute Gasteiger partial charge is 0.497 e. The molecule has 0 spiro atoms. The average Bonchev–Trinajstić information content (AvgIpc) is 2.26. The standard InChI is InChI=1S/C12H16BrNO2/c1-8(2)7-14-12(15)10-6-9(16-3)4-5-11(10)13/h4-6,8H,7H2,1-3H3,(H,14,15). The number of nitrogens with one attached hydrogen (secondary N) is 1. The van der Waals surface area contributed by atoms with Gasteiger partial charge in [0.1, 0.15) is 5.75 Å². The van der Waals surface area contributed by atoms with Crippen molar-refractivity contribution in [1.82, 2.24) is 5.32 Å². The normalized spacial score (nSPS) is 10.3. The summed E-state index contributed by atoms with van der Waals surface area (Å²) in [6, 6.07) is 5.34. The molecule has 0 saturated carbocycles. The number of carbonyl (C=O) groups is 1. The Hall–Kier alpha value is -1.03. The molecule has 0 unspecified atom stereocenters. The first-order valence-electron chi connectivity index (χ1n) is 5.16. The van der Waals surface area contributed by atoms with Gasteiger partial charge in [0, 0.05) is 11.0 Å². The second-order valence-electron chi connectivity index (χ2n) is 3.95. The Labute approximate surface area is 104 Å². The first-order valence-corrected chi connectivity index (χ1v) is 5.95. The number of hydrogen-bond donors (Lipinski definition) is 1. The van der Waals surface area contributed by atoms with Crippen LogP contribution in [0.3, 0.4) is 0 Å². The van der Waals surface area contributed by atoms with Crippen LogP contribution in [0, 0.1) is 5.92 Å². The van der Waals surface area contributed by atoms with Crippen molar-refractivity contribution in [2.45, 2.75) is 13.8 Å². The van der Waals surface area contributed by atoms with Crippen LogP contribution in [0.25, 0.3) is 0 Å². The molecule has 1 amide bonds. The zero-order chi connectivity index (χ0) is 12.1. The Morgan fingerprint density at radius 3 is 2.75 bits per heavy atom. The van der Waals surface area contributed by atoms with Gasteiger partial charge in [0.05, 0.1) is 12.7 Å². The van der Waals surface area contributed by atoms with Crippen LogP contribution in [0.4, 0.5) is 0 Å². The van der Waals surface area contributed by atoms with Crippen LogP contribution in [-0.2, 0) is 0 Å². The zero-order valence-electron chi connectivity index (χ0n) is 9.71. The lowest BCUT2D eigenvalue weighted by atomic mass is 10.2. The van der Waals surface area contributed by atoms with Crippen LogP contribution in [0.5, 0.6) is 5.75 Å². The predicted octanol–water partition coefficient (Wildman–Crippen LogP) is 2.84. The van der Waals surface area contributed by atoms with Crippen molar-refractivity contribution in [2.24, 2.45) is 5.92 Å². The van der Waals surface area contributed by atoms with Crippen LogP contribution in [0.2, 0.25) is 0 Å². The molecule has 0 atom stereocenters. The predicted molar refractivity (Wildman–Crippen MR) is 67.9 cm³/mol. The third-order valence-electron chi connectivity index (χ3n) is 2.09. The van der Waals surface area contributed by atoms with E-state index in [2.05, 4.69) is 35.1 Å². The summed E-state index contributed by atoms with van der Waals surface area (Å²) in [6.07, 6.45) is 0. The van der Waals surface area contributed by atoms with Gasteiger partial charge in [-0.1, -0.05) is 13.8 Å². The molecule has 0 aliphatic carbocycles. The van der Waals surface area contributed by atoms with Gasteiger partial charge < -0.3 is 10.1 Å². The summed E-state index contributed by atoms with van der Waals surface area (Å²) < 4.78 is 5.86.